The molecule has 2 aliphatic rings. The Hall–Kier alpha value is -2.01. The average Bonchev–Trinajstić information content (AvgIpc) is 3.44. The summed E-state index contributed by atoms with van der Waals surface area (Å²) in [4.78, 5) is 26.6. The van der Waals surface area contributed by atoms with Crippen molar-refractivity contribution in [3.8, 4) is 0 Å². The summed E-state index contributed by atoms with van der Waals surface area (Å²) in [5, 5.41) is 2.80. The van der Waals surface area contributed by atoms with E-state index < -0.39 is 22.5 Å². The Balaban J connectivity index is 1.56. The van der Waals surface area contributed by atoms with E-state index in [1.54, 1.807) is 12.1 Å². The molecule has 9 nitrogen and oxygen atoms in total. The molecule has 31 heavy (non-hydrogen) atoms. The second kappa shape index (κ2) is 11.0. The van der Waals surface area contributed by atoms with Crippen molar-refractivity contribution < 1.29 is 27.5 Å². The molecular formula is C21H31N3O6S. The van der Waals surface area contributed by atoms with Gasteiger partial charge in [-0.05, 0) is 44.7 Å². The monoisotopic (exact) mass is 453 g/mol. The Labute approximate surface area is 183 Å². The van der Waals surface area contributed by atoms with E-state index in [1.165, 1.54) is 17.0 Å². The summed E-state index contributed by atoms with van der Waals surface area (Å²) in [5.74, 6) is -0.776. The molecule has 1 aromatic rings. The normalized spacial score (nSPS) is 21.2. The van der Waals surface area contributed by atoms with E-state index in [-0.39, 0.29) is 36.1 Å². The lowest BCUT2D eigenvalue weighted by molar-refractivity contribution is -0.136. The molecule has 3 rings (SSSR count). The summed E-state index contributed by atoms with van der Waals surface area (Å²) in [6.45, 7) is 3.25. The fourth-order valence-electron chi connectivity index (χ4n) is 3.62. The summed E-state index contributed by atoms with van der Waals surface area (Å²) in [5.41, 5.74) is 0.937. The van der Waals surface area contributed by atoms with Crippen LogP contribution in [-0.4, -0.2) is 76.7 Å². The first kappa shape index (κ1) is 23.6. The van der Waals surface area contributed by atoms with Crippen molar-refractivity contribution >= 4 is 21.8 Å². The van der Waals surface area contributed by atoms with Crippen LogP contribution in [-0.2, 0) is 29.1 Å². The van der Waals surface area contributed by atoms with Gasteiger partial charge in [-0.3, -0.25) is 9.59 Å². The van der Waals surface area contributed by atoms with Gasteiger partial charge in [-0.25, -0.2) is 13.1 Å². The highest BCUT2D eigenvalue weighted by Gasteiger charge is 2.26. The molecule has 2 amide bonds. The predicted octanol–water partition coefficient (Wildman–Crippen LogP) is 0.576. The first-order valence-electron chi connectivity index (χ1n) is 10.7. The molecule has 0 unspecified atom stereocenters. The van der Waals surface area contributed by atoms with Gasteiger partial charge in [-0.1, -0.05) is 17.7 Å². The predicted molar refractivity (Wildman–Crippen MR) is 114 cm³/mol. The first-order chi connectivity index (χ1) is 14.8. The molecule has 2 heterocycles. The lowest BCUT2D eigenvalue weighted by Gasteiger charge is -2.25. The number of nitrogens with one attached hydrogen (secondary N) is 2. The molecular weight excluding hydrogens is 422 g/mol. The van der Waals surface area contributed by atoms with Crippen LogP contribution in [0.3, 0.4) is 0 Å². The van der Waals surface area contributed by atoms with E-state index in [1.807, 2.05) is 6.92 Å². The number of ether oxygens (including phenoxy) is 2. The molecule has 1 aromatic carbocycles. The molecule has 2 fully saturated rings. The maximum atomic E-state index is 12.8. The van der Waals surface area contributed by atoms with Crippen LogP contribution in [0.15, 0.2) is 29.2 Å². The minimum atomic E-state index is -3.83. The molecule has 172 valence electrons. The quantitative estimate of drug-likeness (QED) is 0.536. The Kier molecular flexibility index (Phi) is 8.42. The van der Waals surface area contributed by atoms with Crippen LogP contribution in [0.25, 0.3) is 0 Å². The van der Waals surface area contributed by atoms with Gasteiger partial charge in [-0.2, -0.15) is 0 Å². The van der Waals surface area contributed by atoms with Gasteiger partial charge in [0.15, 0.2) is 0 Å². The minimum absolute atomic E-state index is 0.00702. The molecule has 0 saturated carbocycles. The zero-order valence-corrected chi connectivity index (χ0v) is 18.7. The summed E-state index contributed by atoms with van der Waals surface area (Å²) >= 11 is 0. The average molecular weight is 454 g/mol. The third kappa shape index (κ3) is 7.27. The second-order valence-corrected chi connectivity index (χ2v) is 9.75. The van der Waals surface area contributed by atoms with Crippen molar-refractivity contribution in [3.05, 3.63) is 29.8 Å². The lowest BCUT2D eigenvalue weighted by Crippen LogP contribution is -2.48. The highest BCUT2D eigenvalue weighted by atomic mass is 32.2. The molecule has 0 spiro atoms. The van der Waals surface area contributed by atoms with E-state index in [9.17, 15) is 18.0 Å². The SMILES string of the molecule is Cc1ccc(S(=O)(=O)NCC(=O)N(CC(=O)NC[C@H]2CCCO2)C[C@H]2CCCO2)cc1. The molecule has 2 aliphatic heterocycles. The molecule has 0 radical (unpaired) electrons. The number of carbonyl (C=O) groups excluding carboxylic acids is 2. The molecule has 0 aliphatic carbocycles. The smallest absolute Gasteiger partial charge is 0.241 e. The van der Waals surface area contributed by atoms with Crippen LogP contribution >= 0.6 is 0 Å². The number of hydrogen-bond donors (Lipinski definition) is 2. The van der Waals surface area contributed by atoms with E-state index >= 15 is 0 Å². The van der Waals surface area contributed by atoms with Crippen molar-refractivity contribution in [1.29, 1.82) is 0 Å². The van der Waals surface area contributed by atoms with Crippen LogP contribution in [0.4, 0.5) is 0 Å². The number of aryl methyl sites for hydroxylation is 1. The fraction of sp³-hybridized carbons (Fsp3) is 0.619. The van der Waals surface area contributed by atoms with Crippen molar-refractivity contribution in [2.75, 3.05) is 39.4 Å². The van der Waals surface area contributed by atoms with Crippen LogP contribution in [0.5, 0.6) is 0 Å². The summed E-state index contributed by atoms with van der Waals surface area (Å²) in [6.07, 6.45) is 3.44. The van der Waals surface area contributed by atoms with Crippen LogP contribution in [0.2, 0.25) is 0 Å². The zero-order chi connectivity index (χ0) is 22.3. The zero-order valence-electron chi connectivity index (χ0n) is 17.8. The minimum Gasteiger partial charge on any atom is -0.376 e. The van der Waals surface area contributed by atoms with E-state index in [0.717, 1.165) is 31.2 Å². The fourth-order valence-corrected chi connectivity index (χ4v) is 4.59. The van der Waals surface area contributed by atoms with Crippen molar-refractivity contribution in [2.24, 2.45) is 0 Å². The molecule has 2 saturated heterocycles. The van der Waals surface area contributed by atoms with Crippen LogP contribution in [0.1, 0.15) is 31.2 Å². The van der Waals surface area contributed by atoms with Crippen molar-refractivity contribution in [1.82, 2.24) is 14.9 Å². The summed E-state index contributed by atoms with van der Waals surface area (Å²) in [7, 11) is -3.83. The third-order valence-corrected chi connectivity index (χ3v) is 6.85. The lowest BCUT2D eigenvalue weighted by atomic mass is 10.2. The van der Waals surface area contributed by atoms with Gasteiger partial charge in [-0.15, -0.1) is 0 Å². The Morgan fingerprint density at radius 1 is 1.06 bits per heavy atom. The third-order valence-electron chi connectivity index (χ3n) is 5.43. The standard InChI is InChI=1S/C21H31N3O6S/c1-16-6-8-19(9-7-16)31(27,28)23-13-21(26)24(14-18-5-3-11-30-18)15-20(25)22-12-17-4-2-10-29-17/h6-9,17-18,23H,2-5,10-15H2,1H3,(H,22,25)/t17-,18-/m1/s1. The van der Waals surface area contributed by atoms with Gasteiger partial charge >= 0.3 is 0 Å². The highest BCUT2D eigenvalue weighted by Crippen LogP contribution is 2.14. The number of amides is 2. The molecule has 2 N–H and O–H groups in total. The molecule has 0 aromatic heterocycles. The summed E-state index contributed by atoms with van der Waals surface area (Å²) < 4.78 is 38.4. The Bertz CT molecular complexity index is 846. The van der Waals surface area contributed by atoms with Crippen molar-refractivity contribution in [2.45, 2.75) is 49.7 Å². The highest BCUT2D eigenvalue weighted by molar-refractivity contribution is 7.89. The Morgan fingerprint density at radius 3 is 2.32 bits per heavy atom. The number of nitrogens with zero attached hydrogens (tertiary/aromatic N) is 1. The number of hydrogen-bond acceptors (Lipinski definition) is 6. The van der Waals surface area contributed by atoms with Crippen molar-refractivity contribution in [3.63, 3.8) is 0 Å². The largest absolute Gasteiger partial charge is 0.376 e. The van der Waals surface area contributed by atoms with E-state index in [4.69, 9.17) is 9.47 Å². The molecule has 2 atom stereocenters. The van der Waals surface area contributed by atoms with Gasteiger partial charge < -0.3 is 19.7 Å². The maximum absolute atomic E-state index is 12.8. The van der Waals surface area contributed by atoms with Crippen LogP contribution < -0.4 is 10.0 Å². The van der Waals surface area contributed by atoms with Gasteiger partial charge in [0, 0.05) is 26.3 Å². The topological polar surface area (TPSA) is 114 Å². The molecule has 0 bridgehead atoms. The van der Waals surface area contributed by atoms with Gasteiger partial charge in [0.1, 0.15) is 0 Å². The number of rotatable bonds is 10. The van der Waals surface area contributed by atoms with E-state index in [0.29, 0.717) is 19.8 Å². The Morgan fingerprint density at radius 2 is 1.71 bits per heavy atom. The molecule has 10 heteroatoms. The van der Waals surface area contributed by atoms with Crippen LogP contribution in [0, 0.1) is 6.92 Å². The van der Waals surface area contributed by atoms with E-state index in [2.05, 4.69) is 10.0 Å². The van der Waals surface area contributed by atoms with Gasteiger partial charge in [0.05, 0.1) is 30.2 Å². The number of carbonyl (C=O) groups is 2. The van der Waals surface area contributed by atoms with Gasteiger partial charge in [0.25, 0.3) is 0 Å². The first-order valence-corrected chi connectivity index (χ1v) is 12.2. The number of benzene rings is 1. The number of sulfonamides is 1. The summed E-state index contributed by atoms with van der Waals surface area (Å²) in [6, 6.07) is 6.37. The second-order valence-electron chi connectivity index (χ2n) is 7.99. The maximum Gasteiger partial charge on any atom is 0.241 e. The van der Waals surface area contributed by atoms with Gasteiger partial charge in [0.2, 0.25) is 21.8 Å².